The van der Waals surface area contributed by atoms with Crippen molar-refractivity contribution in [1.82, 2.24) is 24.7 Å². The molecule has 4 aromatic heterocycles. The lowest BCUT2D eigenvalue weighted by molar-refractivity contribution is -0.137. The maximum atomic E-state index is 13.8. The molecule has 0 unspecified atom stereocenters. The number of aliphatic carboxylic acids is 1. The fourth-order valence-corrected chi connectivity index (χ4v) is 4.27. The minimum Gasteiger partial charge on any atom is -0.481 e. The zero-order valence-electron chi connectivity index (χ0n) is 19.6. The summed E-state index contributed by atoms with van der Waals surface area (Å²) in [4.78, 5) is 38.7. The Balaban J connectivity index is 1.98. The third-order valence-electron chi connectivity index (χ3n) is 5.80. The third-order valence-corrected chi connectivity index (χ3v) is 5.80. The number of aryl methyl sites for hydroxylation is 3. The van der Waals surface area contributed by atoms with Crippen molar-refractivity contribution in [1.29, 1.82) is 0 Å². The van der Waals surface area contributed by atoms with Crippen molar-refractivity contribution in [3.05, 3.63) is 69.7 Å². The van der Waals surface area contributed by atoms with Gasteiger partial charge in [-0.2, -0.15) is 0 Å². The molecule has 1 N–H and O–H groups in total. The molecule has 0 aliphatic heterocycles. The summed E-state index contributed by atoms with van der Waals surface area (Å²) in [5, 5.41) is 13.1. The summed E-state index contributed by atoms with van der Waals surface area (Å²) in [7, 11) is 0. The van der Waals surface area contributed by atoms with Crippen molar-refractivity contribution in [2.45, 2.75) is 53.0 Å². The van der Waals surface area contributed by atoms with Gasteiger partial charge in [-0.3, -0.25) is 19.1 Å². The molecule has 0 aromatic carbocycles. The lowest BCUT2D eigenvalue weighted by Crippen LogP contribution is -2.33. The molecule has 0 amide bonds. The fraction of sp³-hybridized carbons (Fsp3) is 0.360. The maximum absolute atomic E-state index is 13.8. The van der Waals surface area contributed by atoms with Crippen molar-refractivity contribution < 1.29 is 14.4 Å². The first-order valence-corrected chi connectivity index (χ1v) is 11.3. The number of carbonyl (C=O) groups is 1. The summed E-state index contributed by atoms with van der Waals surface area (Å²) in [6.45, 7) is 7.73. The number of carboxylic acid groups (broad SMARTS) is 1. The number of fused-ring (bicyclic) bond motifs is 1. The molecule has 4 rings (SSSR count). The third kappa shape index (κ3) is 4.46. The Labute approximate surface area is 196 Å². The normalized spacial score (nSPS) is 12.4. The van der Waals surface area contributed by atoms with Gasteiger partial charge in [-0.15, -0.1) is 0 Å². The Morgan fingerprint density at radius 2 is 1.94 bits per heavy atom. The van der Waals surface area contributed by atoms with Crippen LogP contribution in [0, 0.1) is 19.8 Å². The highest BCUT2D eigenvalue weighted by molar-refractivity contribution is 5.76. The van der Waals surface area contributed by atoms with Gasteiger partial charge in [0.15, 0.2) is 5.65 Å². The molecular weight excluding hydrogens is 434 g/mol. The van der Waals surface area contributed by atoms with Crippen molar-refractivity contribution in [2.24, 2.45) is 5.92 Å². The molecule has 0 aliphatic rings. The Morgan fingerprint density at radius 1 is 1.15 bits per heavy atom. The van der Waals surface area contributed by atoms with Crippen LogP contribution in [0.1, 0.15) is 55.6 Å². The number of pyridine rings is 2. The van der Waals surface area contributed by atoms with Crippen LogP contribution in [-0.2, 0) is 11.2 Å². The van der Waals surface area contributed by atoms with Gasteiger partial charge in [-0.1, -0.05) is 25.1 Å². The summed E-state index contributed by atoms with van der Waals surface area (Å²) in [6.07, 6.45) is 2.26. The second-order valence-corrected chi connectivity index (χ2v) is 8.66. The van der Waals surface area contributed by atoms with Crippen LogP contribution in [0.15, 0.2) is 45.8 Å². The van der Waals surface area contributed by atoms with Gasteiger partial charge in [-0.05, 0) is 56.9 Å². The maximum Gasteiger partial charge on any atom is 0.303 e. The largest absolute Gasteiger partial charge is 0.481 e. The number of hydrogen-bond donors (Lipinski definition) is 1. The number of hydrogen-bond acceptors (Lipinski definition) is 7. The van der Waals surface area contributed by atoms with Gasteiger partial charge >= 0.3 is 5.97 Å². The highest BCUT2D eigenvalue weighted by Gasteiger charge is 2.26. The molecule has 0 bridgehead atoms. The second-order valence-electron chi connectivity index (χ2n) is 8.66. The van der Waals surface area contributed by atoms with Gasteiger partial charge in [0, 0.05) is 12.6 Å². The Hall–Kier alpha value is -3.88. The quantitative estimate of drug-likeness (QED) is 0.416. The topological polar surface area (TPSA) is 124 Å². The van der Waals surface area contributed by atoms with Crippen molar-refractivity contribution in [3.63, 3.8) is 0 Å². The summed E-state index contributed by atoms with van der Waals surface area (Å²) >= 11 is 0. The SMILES string of the molecule is Cc1noc(C)c1-c1ccc2nc(CCCC(=O)O)c(=O)n([C@H](c3ccccn3)C(C)C)c2n1. The van der Waals surface area contributed by atoms with Gasteiger partial charge in [-0.25, -0.2) is 9.97 Å². The first kappa shape index (κ1) is 23.3. The summed E-state index contributed by atoms with van der Waals surface area (Å²) in [5.74, 6) is -0.239. The van der Waals surface area contributed by atoms with E-state index in [1.165, 1.54) is 0 Å². The average Bonchev–Trinajstić information content (AvgIpc) is 3.14. The number of nitrogens with zero attached hydrogens (tertiary/aromatic N) is 5. The van der Waals surface area contributed by atoms with Crippen molar-refractivity contribution >= 4 is 17.1 Å². The predicted molar refractivity (Wildman–Crippen MR) is 127 cm³/mol. The van der Waals surface area contributed by atoms with Crippen LogP contribution in [0.2, 0.25) is 0 Å². The lowest BCUT2D eigenvalue weighted by Gasteiger charge is -2.25. The van der Waals surface area contributed by atoms with Gasteiger partial charge in [0.1, 0.15) is 17.0 Å². The zero-order valence-corrected chi connectivity index (χ0v) is 19.6. The van der Waals surface area contributed by atoms with Crippen LogP contribution in [0.5, 0.6) is 0 Å². The molecule has 1 atom stereocenters. The summed E-state index contributed by atoms with van der Waals surface area (Å²) in [5.41, 5.74) is 3.91. The molecule has 176 valence electrons. The van der Waals surface area contributed by atoms with Crippen molar-refractivity contribution in [2.75, 3.05) is 0 Å². The molecule has 0 saturated heterocycles. The van der Waals surface area contributed by atoms with E-state index in [1.54, 1.807) is 10.8 Å². The molecule has 0 saturated carbocycles. The molecule has 4 aromatic rings. The number of aromatic nitrogens is 5. The zero-order chi connectivity index (χ0) is 24.4. The molecule has 0 fully saturated rings. The van der Waals surface area contributed by atoms with Gasteiger partial charge < -0.3 is 9.63 Å². The summed E-state index contributed by atoms with van der Waals surface area (Å²) in [6, 6.07) is 8.90. The van der Waals surface area contributed by atoms with E-state index in [0.29, 0.717) is 40.4 Å². The first-order chi connectivity index (χ1) is 16.3. The van der Waals surface area contributed by atoms with Crippen molar-refractivity contribution in [3.8, 4) is 11.3 Å². The van der Waals surface area contributed by atoms with E-state index >= 15 is 0 Å². The highest BCUT2D eigenvalue weighted by atomic mass is 16.5. The smallest absolute Gasteiger partial charge is 0.303 e. The second kappa shape index (κ2) is 9.54. The van der Waals surface area contributed by atoms with E-state index in [-0.39, 0.29) is 30.4 Å². The Bertz CT molecular complexity index is 1370. The molecule has 34 heavy (non-hydrogen) atoms. The van der Waals surface area contributed by atoms with E-state index in [2.05, 4.69) is 15.1 Å². The molecular formula is C25H27N5O4. The van der Waals surface area contributed by atoms with Gasteiger partial charge in [0.05, 0.1) is 28.7 Å². The fourth-order valence-electron chi connectivity index (χ4n) is 4.27. The molecule has 9 heteroatoms. The molecule has 0 aliphatic carbocycles. The standard InChI is InChI=1S/C25H27N5O4/c1-14(2)23(18-8-5-6-13-26-18)30-24-19(27-20(25(30)33)9-7-10-21(31)32)12-11-17(28-24)22-15(3)29-34-16(22)4/h5-6,8,11-14,23H,7,9-10H2,1-4H3,(H,31,32)/t23-/m0/s1. The van der Waals surface area contributed by atoms with Crippen LogP contribution in [-0.4, -0.2) is 35.8 Å². The van der Waals surface area contributed by atoms with E-state index in [4.69, 9.17) is 14.6 Å². The van der Waals surface area contributed by atoms with E-state index in [0.717, 1.165) is 11.3 Å². The molecule has 9 nitrogen and oxygen atoms in total. The van der Waals surface area contributed by atoms with Gasteiger partial charge in [0.25, 0.3) is 5.56 Å². The van der Waals surface area contributed by atoms with Gasteiger partial charge in [0.2, 0.25) is 0 Å². The van der Waals surface area contributed by atoms with E-state index in [9.17, 15) is 9.59 Å². The highest BCUT2D eigenvalue weighted by Crippen LogP contribution is 2.30. The average molecular weight is 462 g/mol. The molecule has 0 radical (unpaired) electrons. The van der Waals surface area contributed by atoms with Crippen LogP contribution in [0.25, 0.3) is 22.4 Å². The van der Waals surface area contributed by atoms with Crippen LogP contribution in [0.4, 0.5) is 0 Å². The van der Waals surface area contributed by atoms with E-state index in [1.807, 2.05) is 58.0 Å². The minimum atomic E-state index is -0.902. The van der Waals surface area contributed by atoms with Crippen LogP contribution >= 0.6 is 0 Å². The Morgan fingerprint density at radius 3 is 2.56 bits per heavy atom. The van der Waals surface area contributed by atoms with E-state index < -0.39 is 5.97 Å². The minimum absolute atomic E-state index is 0.0228. The lowest BCUT2D eigenvalue weighted by atomic mass is 9.99. The molecule has 0 spiro atoms. The Kier molecular flexibility index (Phi) is 6.54. The number of carboxylic acids is 1. The predicted octanol–water partition coefficient (Wildman–Crippen LogP) is 4.11. The van der Waals surface area contributed by atoms with Crippen LogP contribution < -0.4 is 5.56 Å². The van der Waals surface area contributed by atoms with Crippen LogP contribution in [0.3, 0.4) is 0 Å². The monoisotopic (exact) mass is 461 g/mol. The first-order valence-electron chi connectivity index (χ1n) is 11.3. The molecule has 4 heterocycles. The number of rotatable bonds is 8. The summed E-state index contributed by atoms with van der Waals surface area (Å²) < 4.78 is 6.98.